The van der Waals surface area contributed by atoms with Crippen molar-refractivity contribution < 1.29 is 14.1 Å². The van der Waals surface area contributed by atoms with E-state index in [2.05, 4.69) is 11.0 Å². The van der Waals surface area contributed by atoms with Gasteiger partial charge in [0.05, 0.1) is 36.1 Å². The van der Waals surface area contributed by atoms with Gasteiger partial charge in [0.1, 0.15) is 23.4 Å². The maximum Gasteiger partial charge on any atom is 0.326 e. The number of nitriles is 1. The van der Waals surface area contributed by atoms with E-state index in [-0.39, 0.29) is 6.03 Å². The number of nitrogens with zero attached hydrogens (tertiary/aromatic N) is 5. The van der Waals surface area contributed by atoms with Gasteiger partial charge in [0.2, 0.25) is 0 Å². The molecule has 1 saturated heterocycles. The Bertz CT molecular complexity index is 1500. The molecule has 1 fully saturated rings. The summed E-state index contributed by atoms with van der Waals surface area (Å²) in [4.78, 5) is 25.7. The van der Waals surface area contributed by atoms with Gasteiger partial charge < -0.3 is 14.2 Å². The molecule has 3 aromatic carbocycles. The maximum absolute atomic E-state index is 14.6. The highest BCUT2D eigenvalue weighted by molar-refractivity contribution is 7.90. The van der Waals surface area contributed by atoms with Crippen molar-refractivity contribution in [1.29, 1.82) is 5.26 Å². The Labute approximate surface area is 265 Å². The van der Waals surface area contributed by atoms with Crippen LogP contribution in [0.1, 0.15) is 41.3 Å². The van der Waals surface area contributed by atoms with Gasteiger partial charge in [-0.15, -0.1) is 0 Å². The molecule has 224 valence electrons. The number of aliphatic imine (C=N–C) groups is 1. The first kappa shape index (κ1) is 31.2. The molecule has 2 aliphatic heterocycles. The molecule has 2 amide bonds. The summed E-state index contributed by atoms with van der Waals surface area (Å²) in [6.07, 6.45) is 1.71. The number of amides is 2. The average molecular weight is 639 g/mol. The minimum Gasteiger partial charge on any atom is -0.617 e. The van der Waals surface area contributed by atoms with E-state index in [0.29, 0.717) is 71.3 Å². The van der Waals surface area contributed by atoms with Gasteiger partial charge in [-0.25, -0.2) is 4.79 Å². The number of benzene rings is 3. The van der Waals surface area contributed by atoms with Gasteiger partial charge in [-0.1, -0.05) is 58.6 Å². The molecule has 0 saturated carbocycles. The Morgan fingerprint density at radius 2 is 1.65 bits per heavy atom. The summed E-state index contributed by atoms with van der Waals surface area (Å²) in [5.41, 5.74) is 2.87. The van der Waals surface area contributed by atoms with Crippen LogP contribution < -0.4 is 4.74 Å². The number of carbonyl (C=O) groups excluding carboxylic acids is 1. The van der Waals surface area contributed by atoms with Gasteiger partial charge in [-0.2, -0.15) is 5.26 Å². The van der Waals surface area contributed by atoms with Crippen LogP contribution in [0, 0.1) is 11.3 Å². The van der Waals surface area contributed by atoms with E-state index in [1.807, 2.05) is 60.4 Å². The summed E-state index contributed by atoms with van der Waals surface area (Å²) in [6, 6.07) is 21.3. The molecular weight excluding hydrogens is 605 g/mol. The van der Waals surface area contributed by atoms with Crippen LogP contribution in [-0.2, 0) is 11.2 Å². The van der Waals surface area contributed by atoms with Crippen LogP contribution in [0.15, 0.2) is 71.7 Å². The monoisotopic (exact) mass is 637 g/mol. The molecule has 2 aliphatic rings. The van der Waals surface area contributed by atoms with E-state index in [1.165, 1.54) is 0 Å². The topological polar surface area (TPSA) is 95.2 Å². The van der Waals surface area contributed by atoms with Crippen molar-refractivity contribution in [2.45, 2.75) is 19.0 Å². The van der Waals surface area contributed by atoms with Crippen molar-refractivity contribution in [2.24, 2.45) is 4.99 Å². The maximum atomic E-state index is 14.6. The van der Waals surface area contributed by atoms with E-state index in [1.54, 1.807) is 29.4 Å². The largest absolute Gasteiger partial charge is 0.617 e. The zero-order chi connectivity index (χ0) is 30.5. The van der Waals surface area contributed by atoms with Gasteiger partial charge >= 0.3 is 6.03 Å². The minimum absolute atomic E-state index is 0.166. The van der Waals surface area contributed by atoms with Crippen LogP contribution in [0.3, 0.4) is 0 Å². The Balaban J connectivity index is 1.59. The quantitative estimate of drug-likeness (QED) is 0.286. The van der Waals surface area contributed by atoms with Crippen LogP contribution in [0.5, 0.6) is 5.75 Å². The highest BCUT2D eigenvalue weighted by Gasteiger charge is 2.45. The summed E-state index contributed by atoms with van der Waals surface area (Å²) in [7, 11) is 0. The summed E-state index contributed by atoms with van der Waals surface area (Å²) in [6.45, 7) is 5.44. The van der Waals surface area contributed by atoms with E-state index in [9.17, 15) is 14.6 Å². The van der Waals surface area contributed by atoms with Crippen LogP contribution in [0.4, 0.5) is 4.79 Å². The van der Waals surface area contributed by atoms with Crippen molar-refractivity contribution in [3.8, 4) is 11.8 Å². The van der Waals surface area contributed by atoms with Crippen molar-refractivity contribution >= 4 is 46.2 Å². The summed E-state index contributed by atoms with van der Waals surface area (Å²) >= 11 is 11.7. The Morgan fingerprint density at radius 3 is 2.23 bits per heavy atom. The molecule has 0 spiro atoms. The van der Waals surface area contributed by atoms with Crippen molar-refractivity contribution in [3.05, 3.63) is 99.0 Å². The number of urea groups is 1. The third kappa shape index (κ3) is 7.11. The van der Waals surface area contributed by atoms with Gasteiger partial charge in [0, 0.05) is 42.8 Å². The molecule has 0 radical (unpaired) electrons. The lowest BCUT2D eigenvalue weighted by molar-refractivity contribution is 0.122. The first-order valence-electron chi connectivity index (χ1n) is 14.2. The standard InChI is InChI=1S/C32H33Cl2N5O3S/c1-3-42-28-20-22(21-35)4-13-27(28)31-36-29(23-5-9-25(33)10-6-23)30(24-7-11-26(34)12-8-24)39(31)32(40)38-16-14-37(15-17-38)18-19-43(2)41/h4-13,20,29-30H,3,14-19H2,1-2H3/t29-,30+,43?/m0/s1. The molecule has 0 aliphatic carbocycles. The number of carbonyl (C=O) groups is 1. The average Bonchev–Trinajstić information content (AvgIpc) is 3.41. The Kier molecular flexibility index (Phi) is 10.2. The number of amidine groups is 1. The van der Waals surface area contributed by atoms with Crippen LogP contribution >= 0.6 is 23.2 Å². The molecule has 8 nitrogen and oxygen atoms in total. The zero-order valence-electron chi connectivity index (χ0n) is 24.1. The number of rotatable bonds is 8. The fourth-order valence-corrected chi connectivity index (χ4v) is 6.25. The zero-order valence-corrected chi connectivity index (χ0v) is 26.4. The molecule has 3 atom stereocenters. The van der Waals surface area contributed by atoms with E-state index >= 15 is 0 Å². The van der Waals surface area contributed by atoms with Crippen LogP contribution in [0.25, 0.3) is 0 Å². The van der Waals surface area contributed by atoms with Crippen molar-refractivity contribution in [3.63, 3.8) is 0 Å². The van der Waals surface area contributed by atoms with Gasteiger partial charge in [0.15, 0.2) is 0 Å². The first-order valence-corrected chi connectivity index (χ1v) is 16.6. The van der Waals surface area contributed by atoms with Crippen molar-refractivity contribution in [2.75, 3.05) is 51.3 Å². The molecule has 0 bridgehead atoms. The Morgan fingerprint density at radius 1 is 1.02 bits per heavy atom. The molecular formula is C32H33Cl2N5O3S. The minimum atomic E-state index is -0.867. The summed E-state index contributed by atoms with van der Waals surface area (Å²) in [5, 5.41) is 10.8. The van der Waals surface area contributed by atoms with Crippen LogP contribution in [-0.4, -0.2) is 82.5 Å². The fourth-order valence-electron chi connectivity index (χ4n) is 5.48. The first-order chi connectivity index (χ1) is 20.8. The highest BCUT2D eigenvalue weighted by Crippen LogP contribution is 2.45. The molecule has 11 heteroatoms. The molecule has 2 heterocycles. The van der Waals surface area contributed by atoms with E-state index < -0.39 is 23.3 Å². The second-order valence-corrected chi connectivity index (χ2v) is 12.9. The smallest absolute Gasteiger partial charge is 0.326 e. The SMILES string of the molecule is CCOc1cc(C#N)ccc1C1=N[C@@H](c2ccc(Cl)cc2)[C@@H](c2ccc(Cl)cc2)N1C(=O)N1CCN(CC[S+](C)[O-])CC1. The summed E-state index contributed by atoms with van der Waals surface area (Å²) < 4.78 is 17.6. The van der Waals surface area contributed by atoms with Crippen molar-refractivity contribution in [1.82, 2.24) is 14.7 Å². The molecule has 1 unspecified atom stereocenters. The van der Waals surface area contributed by atoms with E-state index in [0.717, 1.165) is 17.7 Å². The normalized spacial score (nSPS) is 19.6. The predicted molar refractivity (Wildman–Crippen MR) is 171 cm³/mol. The molecule has 0 N–H and O–H groups in total. The number of ether oxygens (including phenoxy) is 1. The Hall–Kier alpha value is -3.26. The number of halogens is 2. The third-order valence-electron chi connectivity index (χ3n) is 7.69. The summed E-state index contributed by atoms with van der Waals surface area (Å²) in [5.74, 6) is 1.57. The van der Waals surface area contributed by atoms with Gasteiger partial charge in [-0.05, 0) is 60.5 Å². The second kappa shape index (κ2) is 14.0. The fraction of sp³-hybridized carbons (Fsp3) is 0.344. The predicted octanol–water partition coefficient (Wildman–Crippen LogP) is 5.92. The molecule has 5 rings (SSSR count). The lowest BCUT2D eigenvalue weighted by Crippen LogP contribution is -2.54. The second-order valence-electron chi connectivity index (χ2n) is 10.5. The molecule has 3 aromatic rings. The number of hydrogen-bond acceptors (Lipinski definition) is 6. The highest BCUT2D eigenvalue weighted by atomic mass is 35.5. The lowest BCUT2D eigenvalue weighted by atomic mass is 9.93. The molecule has 0 aromatic heterocycles. The lowest BCUT2D eigenvalue weighted by Gasteiger charge is -2.39. The number of hydrogen-bond donors (Lipinski definition) is 0. The number of piperazine rings is 1. The van der Waals surface area contributed by atoms with E-state index in [4.69, 9.17) is 32.9 Å². The van der Waals surface area contributed by atoms with Crippen LogP contribution in [0.2, 0.25) is 10.0 Å². The molecule has 43 heavy (non-hydrogen) atoms. The third-order valence-corrected chi connectivity index (χ3v) is 8.95. The van der Waals surface area contributed by atoms with Gasteiger partial charge in [0.25, 0.3) is 0 Å². The van der Waals surface area contributed by atoms with Gasteiger partial charge in [-0.3, -0.25) is 14.8 Å².